The van der Waals surface area contributed by atoms with Crippen molar-refractivity contribution < 1.29 is 14.6 Å². The van der Waals surface area contributed by atoms with Gasteiger partial charge in [-0.2, -0.15) is 5.10 Å². The standard InChI is InChI=1S/C29H30N2O3/c32-28(33)22-34-27-18-10-9-13-23(27)12-8-3-11-19-31-21-26(20-30-31)29(24-14-4-1-5-15-24)25-16-6-2-7-17-25/h1-2,4-7,9-10,13-18,20-21,29H,3,8,11-12,19,22H2,(H,32,33). The van der Waals surface area contributed by atoms with E-state index in [1.165, 1.54) is 16.7 Å². The lowest BCUT2D eigenvalue weighted by atomic mass is 9.87. The molecule has 0 radical (unpaired) electrons. The minimum absolute atomic E-state index is 0.165. The average Bonchev–Trinajstić information content (AvgIpc) is 3.33. The second kappa shape index (κ2) is 11.8. The maximum absolute atomic E-state index is 10.8. The molecule has 4 aromatic rings. The zero-order valence-corrected chi connectivity index (χ0v) is 19.2. The van der Waals surface area contributed by atoms with Crippen LogP contribution < -0.4 is 4.74 Å². The normalized spacial score (nSPS) is 11.0. The van der Waals surface area contributed by atoms with Crippen LogP contribution in [0.15, 0.2) is 97.3 Å². The summed E-state index contributed by atoms with van der Waals surface area (Å²) in [5.41, 5.74) is 4.77. The number of rotatable bonds is 12. The van der Waals surface area contributed by atoms with Gasteiger partial charge in [0.15, 0.2) is 6.61 Å². The average molecular weight is 455 g/mol. The smallest absolute Gasteiger partial charge is 0.341 e. The molecule has 5 heteroatoms. The van der Waals surface area contributed by atoms with E-state index in [4.69, 9.17) is 9.84 Å². The Labute approximate surface area is 200 Å². The fourth-order valence-corrected chi connectivity index (χ4v) is 4.28. The van der Waals surface area contributed by atoms with E-state index >= 15 is 0 Å². The van der Waals surface area contributed by atoms with E-state index in [1.54, 1.807) is 0 Å². The molecule has 174 valence electrons. The van der Waals surface area contributed by atoms with Gasteiger partial charge in [0.1, 0.15) is 5.75 Å². The van der Waals surface area contributed by atoms with Gasteiger partial charge in [0.2, 0.25) is 0 Å². The molecule has 0 bridgehead atoms. The summed E-state index contributed by atoms with van der Waals surface area (Å²) >= 11 is 0. The van der Waals surface area contributed by atoms with Gasteiger partial charge >= 0.3 is 5.97 Å². The Morgan fingerprint density at radius 3 is 2.15 bits per heavy atom. The van der Waals surface area contributed by atoms with E-state index in [-0.39, 0.29) is 12.5 Å². The molecular weight excluding hydrogens is 424 g/mol. The summed E-state index contributed by atoms with van der Waals surface area (Å²) in [5, 5.41) is 13.5. The third kappa shape index (κ3) is 6.35. The zero-order valence-electron chi connectivity index (χ0n) is 19.2. The van der Waals surface area contributed by atoms with Crippen LogP contribution in [0.1, 0.15) is 47.4 Å². The van der Waals surface area contributed by atoms with Crippen LogP contribution in [-0.2, 0) is 17.8 Å². The first-order valence-electron chi connectivity index (χ1n) is 11.8. The Hall–Kier alpha value is -3.86. The number of carboxylic acids is 1. The molecule has 0 amide bonds. The second-order valence-electron chi connectivity index (χ2n) is 8.39. The summed E-state index contributed by atoms with van der Waals surface area (Å²) in [6, 6.07) is 28.8. The minimum Gasteiger partial charge on any atom is -0.482 e. The van der Waals surface area contributed by atoms with Crippen molar-refractivity contribution in [3.63, 3.8) is 0 Å². The quantitative estimate of drug-likeness (QED) is 0.269. The molecule has 0 aliphatic carbocycles. The summed E-state index contributed by atoms with van der Waals surface area (Å²) in [5.74, 6) is -0.136. The molecule has 0 aliphatic rings. The Balaban J connectivity index is 1.33. The Kier molecular flexibility index (Phi) is 8.12. The number of unbranched alkanes of at least 4 members (excludes halogenated alkanes) is 2. The summed E-state index contributed by atoms with van der Waals surface area (Å²) in [4.78, 5) is 10.8. The Morgan fingerprint density at radius 2 is 1.47 bits per heavy atom. The lowest BCUT2D eigenvalue weighted by Gasteiger charge is -2.16. The molecule has 1 heterocycles. The summed E-state index contributed by atoms with van der Waals surface area (Å²) < 4.78 is 7.45. The molecule has 0 fully saturated rings. The maximum atomic E-state index is 10.8. The van der Waals surface area contributed by atoms with Crippen molar-refractivity contribution in [3.8, 4) is 5.75 Å². The van der Waals surface area contributed by atoms with Crippen LogP contribution in [0.2, 0.25) is 0 Å². The number of aryl methyl sites for hydroxylation is 2. The molecule has 34 heavy (non-hydrogen) atoms. The van der Waals surface area contributed by atoms with Crippen LogP contribution >= 0.6 is 0 Å². The van der Waals surface area contributed by atoms with Crippen molar-refractivity contribution in [3.05, 3.63) is 120 Å². The van der Waals surface area contributed by atoms with E-state index in [2.05, 4.69) is 59.8 Å². The van der Waals surface area contributed by atoms with Gasteiger partial charge in [-0.1, -0.05) is 85.3 Å². The second-order valence-corrected chi connectivity index (χ2v) is 8.39. The van der Waals surface area contributed by atoms with E-state index in [1.807, 2.05) is 47.3 Å². The third-order valence-corrected chi connectivity index (χ3v) is 5.91. The van der Waals surface area contributed by atoms with Crippen molar-refractivity contribution >= 4 is 5.97 Å². The lowest BCUT2D eigenvalue weighted by molar-refractivity contribution is -0.139. The third-order valence-electron chi connectivity index (χ3n) is 5.91. The number of carbonyl (C=O) groups is 1. The van der Waals surface area contributed by atoms with Crippen molar-refractivity contribution in [2.75, 3.05) is 6.61 Å². The predicted octanol–water partition coefficient (Wildman–Crippen LogP) is 5.94. The van der Waals surface area contributed by atoms with Crippen molar-refractivity contribution in [2.24, 2.45) is 0 Å². The molecule has 3 aromatic carbocycles. The first-order valence-corrected chi connectivity index (χ1v) is 11.8. The number of para-hydroxylation sites is 1. The molecule has 0 aliphatic heterocycles. The van der Waals surface area contributed by atoms with Gasteiger partial charge in [0.25, 0.3) is 0 Å². The van der Waals surface area contributed by atoms with E-state index in [9.17, 15) is 4.79 Å². The molecule has 0 atom stereocenters. The maximum Gasteiger partial charge on any atom is 0.341 e. The van der Waals surface area contributed by atoms with Gasteiger partial charge in [-0.25, -0.2) is 4.79 Å². The zero-order chi connectivity index (χ0) is 23.6. The molecule has 5 nitrogen and oxygen atoms in total. The highest BCUT2D eigenvalue weighted by Crippen LogP contribution is 2.31. The highest BCUT2D eigenvalue weighted by atomic mass is 16.5. The minimum atomic E-state index is -0.963. The number of aromatic nitrogens is 2. The number of hydrogen-bond donors (Lipinski definition) is 1. The first-order chi connectivity index (χ1) is 16.7. The number of nitrogens with zero attached hydrogens (tertiary/aromatic N) is 2. The molecule has 1 N–H and O–H groups in total. The number of carboxylic acid groups (broad SMARTS) is 1. The number of hydrogen-bond acceptors (Lipinski definition) is 3. The van der Waals surface area contributed by atoms with Crippen molar-refractivity contribution in [1.29, 1.82) is 0 Å². The van der Waals surface area contributed by atoms with Gasteiger partial charge < -0.3 is 9.84 Å². The summed E-state index contributed by atoms with van der Waals surface area (Å²) in [6.45, 7) is 0.555. The van der Waals surface area contributed by atoms with Crippen molar-refractivity contribution in [2.45, 2.75) is 38.1 Å². The lowest BCUT2D eigenvalue weighted by Crippen LogP contribution is -2.10. The topological polar surface area (TPSA) is 64.3 Å². The van der Waals surface area contributed by atoms with E-state index in [0.29, 0.717) is 5.75 Å². The highest BCUT2D eigenvalue weighted by Gasteiger charge is 2.18. The number of ether oxygens (including phenoxy) is 1. The number of aliphatic carboxylic acids is 1. The van der Waals surface area contributed by atoms with Crippen LogP contribution in [0.5, 0.6) is 5.75 Å². The molecule has 4 rings (SSSR count). The van der Waals surface area contributed by atoms with Crippen LogP contribution in [-0.4, -0.2) is 27.5 Å². The van der Waals surface area contributed by atoms with E-state index in [0.717, 1.165) is 37.8 Å². The molecule has 0 saturated heterocycles. The van der Waals surface area contributed by atoms with Crippen LogP contribution in [0.3, 0.4) is 0 Å². The van der Waals surface area contributed by atoms with Crippen LogP contribution in [0, 0.1) is 0 Å². The largest absolute Gasteiger partial charge is 0.482 e. The highest BCUT2D eigenvalue weighted by molar-refractivity contribution is 5.68. The monoisotopic (exact) mass is 454 g/mol. The molecular formula is C29H30N2O3. The fourth-order valence-electron chi connectivity index (χ4n) is 4.28. The molecule has 0 unspecified atom stereocenters. The number of benzene rings is 3. The van der Waals surface area contributed by atoms with Gasteiger partial charge in [0.05, 0.1) is 6.20 Å². The summed E-state index contributed by atoms with van der Waals surface area (Å²) in [7, 11) is 0. The molecule has 0 saturated carbocycles. The molecule has 1 aromatic heterocycles. The summed E-state index contributed by atoms with van der Waals surface area (Å²) in [6.07, 6.45) is 8.12. The van der Waals surface area contributed by atoms with Gasteiger partial charge in [-0.15, -0.1) is 0 Å². The molecule has 0 spiro atoms. The van der Waals surface area contributed by atoms with Gasteiger partial charge in [-0.3, -0.25) is 4.68 Å². The van der Waals surface area contributed by atoms with Gasteiger partial charge in [0, 0.05) is 24.2 Å². The first kappa shape index (κ1) is 23.3. The van der Waals surface area contributed by atoms with Crippen LogP contribution in [0.4, 0.5) is 0 Å². The van der Waals surface area contributed by atoms with Crippen molar-refractivity contribution in [1.82, 2.24) is 9.78 Å². The predicted molar refractivity (Wildman–Crippen MR) is 133 cm³/mol. The van der Waals surface area contributed by atoms with E-state index < -0.39 is 5.97 Å². The Bertz CT molecular complexity index is 1130. The Morgan fingerprint density at radius 1 is 0.824 bits per heavy atom. The van der Waals surface area contributed by atoms with Crippen LogP contribution in [0.25, 0.3) is 0 Å². The van der Waals surface area contributed by atoms with Gasteiger partial charge in [-0.05, 0) is 42.0 Å². The SMILES string of the molecule is O=C(O)COc1ccccc1CCCCCn1cc(C(c2ccccc2)c2ccccc2)cn1. The fraction of sp³-hybridized carbons (Fsp3) is 0.241.